The number of aliphatic carboxylic acids is 1. The van der Waals surface area contributed by atoms with Gasteiger partial charge in [0.05, 0.1) is 30.7 Å². The van der Waals surface area contributed by atoms with Gasteiger partial charge in [-0.05, 0) is 31.9 Å². The molecular weight excluding hydrogens is 334 g/mol. The predicted octanol–water partition coefficient (Wildman–Crippen LogP) is 3.37. The summed E-state index contributed by atoms with van der Waals surface area (Å²) < 4.78 is 10.6. The highest BCUT2D eigenvalue weighted by atomic mass is 35.5. The molecule has 2 N–H and O–H groups in total. The van der Waals surface area contributed by atoms with Crippen molar-refractivity contribution < 1.29 is 24.2 Å². The maximum absolute atomic E-state index is 12.6. The van der Waals surface area contributed by atoms with E-state index in [-0.39, 0.29) is 22.9 Å². The minimum atomic E-state index is -0.978. The number of rotatable bonds is 8. The van der Waals surface area contributed by atoms with Gasteiger partial charge in [0.15, 0.2) is 11.5 Å². The van der Waals surface area contributed by atoms with Crippen LogP contribution in [0.25, 0.3) is 0 Å². The van der Waals surface area contributed by atoms with Crippen LogP contribution >= 0.6 is 11.6 Å². The average molecular weight is 358 g/mol. The fourth-order valence-corrected chi connectivity index (χ4v) is 2.44. The van der Waals surface area contributed by atoms with Crippen LogP contribution in [0, 0.1) is 5.92 Å². The molecule has 0 heterocycles. The van der Waals surface area contributed by atoms with Crippen molar-refractivity contribution in [2.45, 2.75) is 39.7 Å². The van der Waals surface area contributed by atoms with Gasteiger partial charge < -0.3 is 19.9 Å². The Labute approximate surface area is 147 Å². The maximum atomic E-state index is 12.6. The summed E-state index contributed by atoms with van der Waals surface area (Å²) in [5, 5.41) is 12.1. The van der Waals surface area contributed by atoms with Crippen LogP contribution in [0.3, 0.4) is 0 Å². The molecule has 1 aromatic carbocycles. The minimum Gasteiger partial charge on any atom is -0.493 e. The van der Waals surface area contributed by atoms with Crippen molar-refractivity contribution >= 4 is 23.5 Å². The standard InChI is InChI=1S/C17H24ClNO5/c1-6-24-15-12(18)7-11(8-13(15)23-5)16(22)19-17(4,10(2)3)9-14(20)21/h7-8,10H,6,9H2,1-5H3,(H,19,22)(H,20,21). The van der Waals surface area contributed by atoms with Gasteiger partial charge in [-0.3, -0.25) is 9.59 Å². The van der Waals surface area contributed by atoms with Gasteiger partial charge in [0.2, 0.25) is 0 Å². The van der Waals surface area contributed by atoms with E-state index in [4.69, 9.17) is 26.2 Å². The number of ether oxygens (including phenoxy) is 2. The van der Waals surface area contributed by atoms with Crippen LogP contribution < -0.4 is 14.8 Å². The summed E-state index contributed by atoms with van der Waals surface area (Å²) in [5.74, 6) is -0.753. The number of hydrogen-bond acceptors (Lipinski definition) is 4. The van der Waals surface area contributed by atoms with Crippen molar-refractivity contribution in [3.8, 4) is 11.5 Å². The van der Waals surface area contributed by atoms with E-state index in [2.05, 4.69) is 5.32 Å². The van der Waals surface area contributed by atoms with Gasteiger partial charge in [0.1, 0.15) is 0 Å². The number of methoxy groups -OCH3 is 1. The molecule has 7 heteroatoms. The fraction of sp³-hybridized carbons (Fsp3) is 0.529. The number of carboxylic acid groups (broad SMARTS) is 1. The fourth-order valence-electron chi connectivity index (χ4n) is 2.17. The predicted molar refractivity (Wildman–Crippen MR) is 92.1 cm³/mol. The third-order valence-corrected chi connectivity index (χ3v) is 4.25. The third-order valence-electron chi connectivity index (χ3n) is 3.97. The molecule has 0 aliphatic carbocycles. The third kappa shape index (κ3) is 4.77. The summed E-state index contributed by atoms with van der Waals surface area (Å²) in [6.07, 6.45) is -0.182. The van der Waals surface area contributed by atoms with E-state index < -0.39 is 17.4 Å². The highest BCUT2D eigenvalue weighted by molar-refractivity contribution is 6.32. The van der Waals surface area contributed by atoms with Gasteiger partial charge >= 0.3 is 5.97 Å². The first-order chi connectivity index (χ1) is 11.1. The number of benzene rings is 1. The van der Waals surface area contributed by atoms with Gasteiger partial charge in [-0.15, -0.1) is 0 Å². The number of carbonyl (C=O) groups is 2. The molecule has 0 bridgehead atoms. The van der Waals surface area contributed by atoms with E-state index in [1.165, 1.54) is 19.2 Å². The van der Waals surface area contributed by atoms with E-state index in [9.17, 15) is 9.59 Å². The second-order valence-electron chi connectivity index (χ2n) is 6.02. The quantitative estimate of drug-likeness (QED) is 0.745. The van der Waals surface area contributed by atoms with Crippen molar-refractivity contribution in [1.82, 2.24) is 5.32 Å². The molecule has 0 saturated carbocycles. The molecule has 1 rings (SSSR count). The molecular formula is C17H24ClNO5. The Morgan fingerprint density at radius 3 is 2.46 bits per heavy atom. The molecule has 0 aromatic heterocycles. The monoisotopic (exact) mass is 357 g/mol. The van der Waals surface area contributed by atoms with Gasteiger partial charge in [-0.2, -0.15) is 0 Å². The van der Waals surface area contributed by atoms with E-state index in [0.717, 1.165) is 0 Å². The molecule has 0 fully saturated rings. The number of amides is 1. The van der Waals surface area contributed by atoms with E-state index in [1.54, 1.807) is 6.92 Å². The first-order valence-electron chi connectivity index (χ1n) is 7.69. The lowest BCUT2D eigenvalue weighted by molar-refractivity contribution is -0.138. The van der Waals surface area contributed by atoms with Crippen LogP contribution in [0.15, 0.2) is 12.1 Å². The zero-order valence-electron chi connectivity index (χ0n) is 14.6. The van der Waals surface area contributed by atoms with Crippen molar-refractivity contribution in [1.29, 1.82) is 0 Å². The summed E-state index contributed by atoms with van der Waals surface area (Å²) >= 11 is 6.18. The Hall–Kier alpha value is -1.95. The summed E-state index contributed by atoms with van der Waals surface area (Å²) in [4.78, 5) is 23.7. The lowest BCUT2D eigenvalue weighted by atomic mass is 9.85. The number of nitrogens with one attached hydrogen (secondary N) is 1. The first-order valence-corrected chi connectivity index (χ1v) is 8.07. The topological polar surface area (TPSA) is 84.9 Å². The largest absolute Gasteiger partial charge is 0.493 e. The van der Waals surface area contributed by atoms with Crippen LogP contribution in [-0.2, 0) is 4.79 Å². The minimum absolute atomic E-state index is 0.0717. The first kappa shape index (κ1) is 20.1. The Kier molecular flexibility index (Phi) is 6.90. The molecule has 0 radical (unpaired) electrons. The molecule has 0 aliphatic heterocycles. The molecule has 0 aliphatic rings. The lowest BCUT2D eigenvalue weighted by Crippen LogP contribution is -2.51. The average Bonchev–Trinajstić information content (AvgIpc) is 2.47. The number of carboxylic acids is 1. The van der Waals surface area contributed by atoms with Crippen molar-refractivity contribution in [2.24, 2.45) is 5.92 Å². The number of hydrogen-bond donors (Lipinski definition) is 2. The Morgan fingerprint density at radius 1 is 1.38 bits per heavy atom. The zero-order chi connectivity index (χ0) is 18.5. The molecule has 24 heavy (non-hydrogen) atoms. The van der Waals surface area contributed by atoms with Crippen molar-refractivity contribution in [3.63, 3.8) is 0 Å². The van der Waals surface area contributed by atoms with Crippen LogP contribution in [0.2, 0.25) is 5.02 Å². The second-order valence-corrected chi connectivity index (χ2v) is 6.43. The van der Waals surface area contributed by atoms with Crippen LogP contribution in [0.5, 0.6) is 11.5 Å². The van der Waals surface area contributed by atoms with Crippen molar-refractivity contribution in [3.05, 3.63) is 22.7 Å². The Bertz CT molecular complexity index is 617. The molecule has 0 spiro atoms. The van der Waals surface area contributed by atoms with Crippen LogP contribution in [0.4, 0.5) is 0 Å². The molecule has 1 atom stereocenters. The summed E-state index contributed by atoms with van der Waals surface area (Å²) in [7, 11) is 1.46. The zero-order valence-corrected chi connectivity index (χ0v) is 15.4. The Morgan fingerprint density at radius 2 is 2.00 bits per heavy atom. The summed E-state index contributed by atoms with van der Waals surface area (Å²) in [6, 6.07) is 3.00. The smallest absolute Gasteiger partial charge is 0.305 e. The number of carbonyl (C=O) groups excluding carboxylic acids is 1. The second kappa shape index (κ2) is 8.24. The lowest BCUT2D eigenvalue weighted by Gasteiger charge is -2.33. The molecule has 134 valence electrons. The summed E-state index contributed by atoms with van der Waals surface area (Å²) in [6.45, 7) is 7.64. The SMILES string of the molecule is CCOc1c(Cl)cc(C(=O)NC(C)(CC(=O)O)C(C)C)cc1OC. The molecule has 6 nitrogen and oxygen atoms in total. The molecule has 1 unspecified atom stereocenters. The van der Waals surface area contributed by atoms with Gasteiger partial charge in [-0.25, -0.2) is 0 Å². The van der Waals surface area contributed by atoms with Gasteiger partial charge in [0, 0.05) is 5.56 Å². The van der Waals surface area contributed by atoms with Gasteiger partial charge in [0.25, 0.3) is 5.91 Å². The molecule has 1 amide bonds. The van der Waals surface area contributed by atoms with Gasteiger partial charge in [-0.1, -0.05) is 25.4 Å². The van der Waals surface area contributed by atoms with Crippen LogP contribution in [0.1, 0.15) is 44.5 Å². The van der Waals surface area contributed by atoms with E-state index >= 15 is 0 Å². The van der Waals surface area contributed by atoms with E-state index in [1.807, 2.05) is 20.8 Å². The summed E-state index contributed by atoms with van der Waals surface area (Å²) in [5.41, 5.74) is -0.612. The highest BCUT2D eigenvalue weighted by Crippen LogP contribution is 2.36. The van der Waals surface area contributed by atoms with Crippen LogP contribution in [-0.4, -0.2) is 36.2 Å². The maximum Gasteiger partial charge on any atom is 0.305 e. The highest BCUT2D eigenvalue weighted by Gasteiger charge is 2.33. The van der Waals surface area contributed by atoms with E-state index in [0.29, 0.717) is 18.1 Å². The molecule has 0 saturated heterocycles. The Balaban J connectivity index is 3.14. The normalized spacial score (nSPS) is 13.3. The van der Waals surface area contributed by atoms with Crippen molar-refractivity contribution in [2.75, 3.05) is 13.7 Å². The number of halogens is 1. The molecule has 1 aromatic rings.